The van der Waals surface area contributed by atoms with Crippen molar-refractivity contribution in [2.75, 3.05) is 7.11 Å². The standard InChI is InChI=1S/C13H10FNO2/c1-17-13(16)12-8-9(6-7-15-12)10-4-2-3-5-11(10)14/h2-8H,1H3. The van der Waals surface area contributed by atoms with Crippen LogP contribution in [0.3, 0.4) is 0 Å². The molecule has 0 spiro atoms. The van der Waals surface area contributed by atoms with Crippen molar-refractivity contribution in [2.45, 2.75) is 0 Å². The van der Waals surface area contributed by atoms with E-state index in [9.17, 15) is 9.18 Å². The Balaban J connectivity index is 2.47. The molecular weight excluding hydrogens is 221 g/mol. The van der Waals surface area contributed by atoms with Crippen LogP contribution in [-0.2, 0) is 4.74 Å². The van der Waals surface area contributed by atoms with E-state index in [1.165, 1.54) is 25.4 Å². The molecule has 0 unspecified atom stereocenters. The minimum atomic E-state index is -0.539. The van der Waals surface area contributed by atoms with Gasteiger partial charge in [-0.1, -0.05) is 18.2 Å². The summed E-state index contributed by atoms with van der Waals surface area (Å²) in [5.41, 5.74) is 1.19. The molecule has 0 aliphatic rings. The molecule has 4 heteroatoms. The zero-order valence-corrected chi connectivity index (χ0v) is 9.18. The molecule has 0 aliphatic heterocycles. The Bertz CT molecular complexity index is 555. The molecule has 17 heavy (non-hydrogen) atoms. The highest BCUT2D eigenvalue weighted by atomic mass is 19.1. The van der Waals surface area contributed by atoms with Crippen LogP contribution >= 0.6 is 0 Å². The number of aromatic nitrogens is 1. The van der Waals surface area contributed by atoms with Gasteiger partial charge in [-0.2, -0.15) is 0 Å². The zero-order valence-electron chi connectivity index (χ0n) is 9.18. The van der Waals surface area contributed by atoms with Crippen molar-refractivity contribution in [1.29, 1.82) is 0 Å². The fraction of sp³-hybridized carbons (Fsp3) is 0.0769. The number of carbonyl (C=O) groups is 1. The smallest absolute Gasteiger partial charge is 0.356 e. The number of ether oxygens (including phenoxy) is 1. The van der Waals surface area contributed by atoms with Gasteiger partial charge in [-0.05, 0) is 23.8 Å². The lowest BCUT2D eigenvalue weighted by atomic mass is 10.1. The van der Waals surface area contributed by atoms with E-state index in [4.69, 9.17) is 0 Å². The summed E-state index contributed by atoms with van der Waals surface area (Å²) in [6.07, 6.45) is 1.45. The SMILES string of the molecule is COC(=O)c1cc(-c2ccccc2F)ccn1. The molecule has 0 N–H and O–H groups in total. The van der Waals surface area contributed by atoms with Crippen molar-refractivity contribution in [3.63, 3.8) is 0 Å². The first-order valence-electron chi connectivity index (χ1n) is 5.01. The van der Waals surface area contributed by atoms with Gasteiger partial charge in [0.1, 0.15) is 11.5 Å². The molecule has 1 aromatic carbocycles. The van der Waals surface area contributed by atoms with Gasteiger partial charge in [-0.15, -0.1) is 0 Å². The number of methoxy groups -OCH3 is 1. The van der Waals surface area contributed by atoms with Crippen molar-refractivity contribution >= 4 is 5.97 Å². The molecule has 0 bridgehead atoms. The molecule has 1 aromatic heterocycles. The number of pyridine rings is 1. The molecule has 0 saturated carbocycles. The van der Waals surface area contributed by atoms with E-state index < -0.39 is 5.97 Å². The first-order chi connectivity index (χ1) is 8.22. The highest BCUT2D eigenvalue weighted by Gasteiger charge is 2.10. The normalized spacial score (nSPS) is 10.0. The van der Waals surface area contributed by atoms with Crippen molar-refractivity contribution in [3.05, 3.63) is 54.1 Å². The summed E-state index contributed by atoms with van der Waals surface area (Å²) in [5.74, 6) is -0.877. The second-order valence-corrected chi connectivity index (χ2v) is 3.40. The van der Waals surface area contributed by atoms with Crippen LogP contribution in [-0.4, -0.2) is 18.1 Å². The van der Waals surface area contributed by atoms with E-state index in [1.54, 1.807) is 24.3 Å². The summed E-state index contributed by atoms with van der Waals surface area (Å²) in [6, 6.07) is 9.51. The minimum Gasteiger partial charge on any atom is -0.464 e. The number of halogens is 1. The maximum atomic E-state index is 13.6. The topological polar surface area (TPSA) is 39.2 Å². The Morgan fingerprint density at radius 2 is 2.06 bits per heavy atom. The predicted octanol–water partition coefficient (Wildman–Crippen LogP) is 2.67. The lowest BCUT2D eigenvalue weighted by Gasteiger charge is -2.04. The maximum absolute atomic E-state index is 13.6. The van der Waals surface area contributed by atoms with Gasteiger partial charge in [0.2, 0.25) is 0 Å². The lowest BCUT2D eigenvalue weighted by Crippen LogP contribution is -2.03. The monoisotopic (exact) mass is 231 g/mol. The number of nitrogens with zero attached hydrogens (tertiary/aromatic N) is 1. The average molecular weight is 231 g/mol. The maximum Gasteiger partial charge on any atom is 0.356 e. The van der Waals surface area contributed by atoms with Gasteiger partial charge in [0.25, 0.3) is 0 Å². The van der Waals surface area contributed by atoms with Crippen molar-refractivity contribution < 1.29 is 13.9 Å². The van der Waals surface area contributed by atoms with Crippen LogP contribution in [0.5, 0.6) is 0 Å². The van der Waals surface area contributed by atoms with Crippen LogP contribution in [0.15, 0.2) is 42.6 Å². The molecule has 0 atom stereocenters. The third-order valence-corrected chi connectivity index (χ3v) is 2.34. The van der Waals surface area contributed by atoms with E-state index >= 15 is 0 Å². The van der Waals surface area contributed by atoms with Crippen molar-refractivity contribution in [1.82, 2.24) is 4.98 Å². The second kappa shape index (κ2) is 4.74. The number of rotatable bonds is 2. The molecule has 0 saturated heterocycles. The third kappa shape index (κ3) is 2.30. The Morgan fingerprint density at radius 1 is 1.29 bits per heavy atom. The average Bonchev–Trinajstić information content (AvgIpc) is 2.38. The molecule has 3 nitrogen and oxygen atoms in total. The third-order valence-electron chi connectivity index (χ3n) is 2.34. The highest BCUT2D eigenvalue weighted by Crippen LogP contribution is 2.22. The van der Waals surface area contributed by atoms with Crippen LogP contribution in [0.25, 0.3) is 11.1 Å². The Hall–Kier alpha value is -2.23. The molecule has 2 aromatic rings. The molecule has 86 valence electrons. The van der Waals surface area contributed by atoms with E-state index in [2.05, 4.69) is 9.72 Å². The van der Waals surface area contributed by atoms with Gasteiger partial charge in [-0.25, -0.2) is 14.2 Å². The fourth-order valence-electron chi connectivity index (χ4n) is 1.51. The van der Waals surface area contributed by atoms with Crippen LogP contribution in [0.4, 0.5) is 4.39 Å². The van der Waals surface area contributed by atoms with Crippen molar-refractivity contribution in [2.24, 2.45) is 0 Å². The summed E-state index contributed by atoms with van der Waals surface area (Å²) < 4.78 is 18.1. The first kappa shape index (κ1) is 11.3. The lowest BCUT2D eigenvalue weighted by molar-refractivity contribution is 0.0594. The quantitative estimate of drug-likeness (QED) is 0.746. The molecular formula is C13H10FNO2. The Morgan fingerprint density at radius 3 is 2.76 bits per heavy atom. The van der Waals surface area contributed by atoms with Gasteiger partial charge in [0.05, 0.1) is 7.11 Å². The van der Waals surface area contributed by atoms with Crippen LogP contribution in [0, 0.1) is 5.82 Å². The van der Waals surface area contributed by atoms with Gasteiger partial charge >= 0.3 is 5.97 Å². The Kier molecular flexibility index (Phi) is 3.14. The summed E-state index contributed by atoms with van der Waals surface area (Å²) in [7, 11) is 1.28. The molecule has 2 rings (SSSR count). The zero-order chi connectivity index (χ0) is 12.3. The van der Waals surface area contributed by atoms with E-state index in [1.807, 2.05) is 0 Å². The van der Waals surface area contributed by atoms with E-state index in [0.29, 0.717) is 11.1 Å². The number of benzene rings is 1. The van der Waals surface area contributed by atoms with Crippen LogP contribution in [0.1, 0.15) is 10.5 Å². The Labute approximate surface area is 97.9 Å². The number of hydrogen-bond donors (Lipinski definition) is 0. The predicted molar refractivity (Wildman–Crippen MR) is 61.0 cm³/mol. The largest absolute Gasteiger partial charge is 0.464 e. The summed E-state index contributed by atoms with van der Waals surface area (Å²) >= 11 is 0. The summed E-state index contributed by atoms with van der Waals surface area (Å²) in [4.78, 5) is 15.2. The summed E-state index contributed by atoms with van der Waals surface area (Å²) in [6.45, 7) is 0. The minimum absolute atomic E-state index is 0.160. The number of hydrogen-bond acceptors (Lipinski definition) is 3. The molecule has 0 aliphatic carbocycles. The van der Waals surface area contributed by atoms with Gasteiger partial charge < -0.3 is 4.74 Å². The molecule has 1 heterocycles. The molecule has 0 fully saturated rings. The van der Waals surface area contributed by atoms with E-state index in [-0.39, 0.29) is 11.5 Å². The number of carbonyl (C=O) groups excluding carboxylic acids is 1. The van der Waals surface area contributed by atoms with Gasteiger partial charge in [-0.3, -0.25) is 0 Å². The first-order valence-corrected chi connectivity index (χ1v) is 5.01. The molecule has 0 amide bonds. The van der Waals surface area contributed by atoms with Crippen LogP contribution < -0.4 is 0 Å². The van der Waals surface area contributed by atoms with E-state index in [0.717, 1.165) is 0 Å². The second-order valence-electron chi connectivity index (χ2n) is 3.40. The summed E-state index contributed by atoms with van der Waals surface area (Å²) in [5, 5.41) is 0. The fourth-order valence-corrected chi connectivity index (χ4v) is 1.51. The van der Waals surface area contributed by atoms with Crippen LogP contribution in [0.2, 0.25) is 0 Å². The van der Waals surface area contributed by atoms with Gasteiger partial charge in [0.15, 0.2) is 0 Å². The highest BCUT2D eigenvalue weighted by molar-refractivity contribution is 5.88. The molecule has 0 radical (unpaired) electrons. The van der Waals surface area contributed by atoms with Gasteiger partial charge in [0, 0.05) is 11.8 Å². The van der Waals surface area contributed by atoms with Crippen molar-refractivity contribution in [3.8, 4) is 11.1 Å². The number of esters is 1.